The van der Waals surface area contributed by atoms with Gasteiger partial charge >= 0.3 is 36.0 Å². The Kier molecular flexibility index (Phi) is 16.8. The number of rotatable bonds is 19. The molecule has 10 atom stereocenters. The third-order valence-electron chi connectivity index (χ3n) is 10.3. The molecule has 3 rings (SSSR count). The van der Waals surface area contributed by atoms with E-state index < -0.39 is 83.8 Å². The molecule has 1 aromatic rings. The van der Waals surface area contributed by atoms with Gasteiger partial charge in [-0.25, -0.2) is 24.0 Å². The van der Waals surface area contributed by atoms with Gasteiger partial charge in [0.25, 0.3) is 5.60 Å². The SMILES string of the molecule is C=C(CC[C@]12O[C@H](C(=O)OC(=O)OCC(C)C)[C@@](O)(C(=O)OC)[C@](C(=O)OC)(O1)[C@H](OC(=O)/C=C/[C@@H](C)C[C@@H](C)CC)[C@H]2O)[C@@H](OC(C)=O)[C@H](C)Cc1ccccc1. The molecule has 2 aliphatic rings. The highest BCUT2D eigenvalue weighted by molar-refractivity contribution is 6.01. The first-order valence-corrected chi connectivity index (χ1v) is 19.3. The molecule has 0 unspecified atom stereocenters. The van der Waals surface area contributed by atoms with E-state index in [1.165, 1.54) is 6.92 Å². The first-order chi connectivity index (χ1) is 27.2. The lowest BCUT2D eigenvalue weighted by Gasteiger charge is -2.49. The van der Waals surface area contributed by atoms with E-state index in [4.69, 9.17) is 37.9 Å². The van der Waals surface area contributed by atoms with Crippen LogP contribution in [0.5, 0.6) is 0 Å². The van der Waals surface area contributed by atoms with Gasteiger partial charge in [0.05, 0.1) is 20.8 Å². The van der Waals surface area contributed by atoms with Crippen molar-refractivity contribution in [3.8, 4) is 0 Å². The van der Waals surface area contributed by atoms with E-state index in [2.05, 4.69) is 6.58 Å². The summed E-state index contributed by atoms with van der Waals surface area (Å²) in [6.45, 7) is 16.3. The molecule has 2 N–H and O–H groups in total. The van der Waals surface area contributed by atoms with Crippen molar-refractivity contribution in [3.63, 3.8) is 0 Å². The van der Waals surface area contributed by atoms with E-state index in [-0.39, 0.29) is 36.4 Å². The van der Waals surface area contributed by atoms with Crippen molar-refractivity contribution >= 4 is 36.0 Å². The van der Waals surface area contributed by atoms with Crippen molar-refractivity contribution in [2.45, 2.75) is 122 Å². The van der Waals surface area contributed by atoms with E-state index in [1.54, 1.807) is 19.9 Å². The predicted octanol–water partition coefficient (Wildman–Crippen LogP) is 4.31. The number of benzene rings is 1. The smallest absolute Gasteiger partial charge is 0.467 e. The molecule has 0 aliphatic carbocycles. The molecule has 2 heterocycles. The molecule has 16 nitrogen and oxygen atoms in total. The van der Waals surface area contributed by atoms with E-state index in [0.29, 0.717) is 18.8 Å². The van der Waals surface area contributed by atoms with Gasteiger partial charge in [0.1, 0.15) is 12.2 Å². The zero-order valence-electron chi connectivity index (χ0n) is 34.7. The fourth-order valence-electron chi connectivity index (χ4n) is 7.25. The number of methoxy groups -OCH3 is 2. The molecule has 2 aliphatic heterocycles. The van der Waals surface area contributed by atoms with Crippen molar-refractivity contribution in [1.82, 2.24) is 0 Å². The number of carbonyl (C=O) groups is 6. The molecule has 0 saturated carbocycles. The summed E-state index contributed by atoms with van der Waals surface area (Å²) in [6, 6.07) is 9.37. The van der Waals surface area contributed by atoms with Crippen molar-refractivity contribution < 1.29 is 76.9 Å². The van der Waals surface area contributed by atoms with Gasteiger partial charge in [-0.2, -0.15) is 0 Å². The lowest BCUT2D eigenvalue weighted by atomic mass is 9.74. The third kappa shape index (κ3) is 10.5. The Bertz CT molecular complexity index is 1670. The van der Waals surface area contributed by atoms with Crippen molar-refractivity contribution in [2.24, 2.45) is 23.7 Å². The summed E-state index contributed by atoms with van der Waals surface area (Å²) in [5.74, 6) is -9.77. The van der Waals surface area contributed by atoms with Crippen LogP contribution in [0.1, 0.15) is 79.7 Å². The van der Waals surface area contributed by atoms with Gasteiger partial charge in [-0.1, -0.05) is 91.0 Å². The van der Waals surface area contributed by atoms with Crippen LogP contribution in [-0.4, -0.2) is 108 Å². The number of hydrogen-bond acceptors (Lipinski definition) is 16. The van der Waals surface area contributed by atoms with Gasteiger partial charge in [-0.05, 0) is 48.2 Å². The number of esters is 5. The Morgan fingerprint density at radius 3 is 2.19 bits per heavy atom. The van der Waals surface area contributed by atoms with Crippen LogP contribution < -0.4 is 0 Å². The summed E-state index contributed by atoms with van der Waals surface area (Å²) in [7, 11) is 1.65. The van der Waals surface area contributed by atoms with Crippen molar-refractivity contribution in [2.75, 3.05) is 20.8 Å². The van der Waals surface area contributed by atoms with Gasteiger partial charge in [-0.3, -0.25) is 4.79 Å². The topological polar surface area (TPSA) is 217 Å². The Morgan fingerprint density at radius 1 is 0.983 bits per heavy atom. The second-order valence-corrected chi connectivity index (χ2v) is 15.5. The Labute approximate surface area is 339 Å². The zero-order chi connectivity index (χ0) is 43.6. The quantitative estimate of drug-likeness (QED) is 0.0654. The van der Waals surface area contributed by atoms with Crippen LogP contribution in [0.25, 0.3) is 0 Å². The molecule has 0 aromatic heterocycles. The average molecular weight is 819 g/mol. The summed E-state index contributed by atoms with van der Waals surface area (Å²) < 4.78 is 43.1. The second-order valence-electron chi connectivity index (χ2n) is 15.5. The van der Waals surface area contributed by atoms with Gasteiger partial charge in [0, 0.05) is 25.3 Å². The fraction of sp³-hybridized carbons (Fsp3) is 0.619. The van der Waals surface area contributed by atoms with Crippen LogP contribution in [0.2, 0.25) is 0 Å². The summed E-state index contributed by atoms with van der Waals surface area (Å²) in [5.41, 5.74) is -5.72. The number of aliphatic hydroxyl groups is 2. The van der Waals surface area contributed by atoms with E-state index >= 15 is 0 Å². The standard InChI is InChI=1S/C42H58O16/c1-11-25(4)21-26(5)17-18-31(44)55-34-33(45)40(20-19-27(6)32(54-29(8)43)28(7)22-30-15-13-12-14-16-30)57-35(36(46)56-39(49)53-23-24(2)3)41(50,37(47)51-9)42(34,58-40)38(48)52-10/h12-18,24-26,28,32-35,45,50H,6,11,19-23H2,1-5,7-10H3/b18-17+/t25-,26+,28+,32+,33+,34+,35+,40-,41+,42-/m0/s1. The molecule has 58 heavy (non-hydrogen) atoms. The highest BCUT2D eigenvalue weighted by atomic mass is 16.8. The monoisotopic (exact) mass is 818 g/mol. The molecule has 0 spiro atoms. The minimum atomic E-state index is -3.65. The van der Waals surface area contributed by atoms with Gasteiger partial charge in [0.2, 0.25) is 17.5 Å². The van der Waals surface area contributed by atoms with Crippen molar-refractivity contribution in [1.29, 1.82) is 0 Å². The number of carbonyl (C=O) groups excluding carboxylic acids is 6. The molecular formula is C42H58O16. The zero-order valence-corrected chi connectivity index (χ0v) is 34.7. The Morgan fingerprint density at radius 2 is 1.62 bits per heavy atom. The minimum Gasteiger partial charge on any atom is -0.467 e. The first kappa shape index (κ1) is 47.7. The largest absolute Gasteiger partial charge is 0.516 e. The highest BCUT2D eigenvalue weighted by Crippen LogP contribution is 2.56. The first-order valence-electron chi connectivity index (χ1n) is 19.3. The van der Waals surface area contributed by atoms with Crippen LogP contribution in [0, 0.1) is 23.7 Å². The van der Waals surface area contributed by atoms with Gasteiger partial charge in [-0.15, -0.1) is 0 Å². The van der Waals surface area contributed by atoms with Gasteiger partial charge in [0.15, 0.2) is 6.10 Å². The van der Waals surface area contributed by atoms with Crippen LogP contribution >= 0.6 is 0 Å². The maximum absolute atomic E-state index is 14.1. The number of fused-ring (bicyclic) bond motifs is 2. The normalized spacial score (nSPS) is 27.1. The fourth-order valence-corrected chi connectivity index (χ4v) is 7.25. The summed E-state index contributed by atoms with van der Waals surface area (Å²) in [4.78, 5) is 80.1. The van der Waals surface area contributed by atoms with Crippen LogP contribution in [0.15, 0.2) is 54.6 Å². The number of allylic oxidation sites excluding steroid dienone is 1. The maximum Gasteiger partial charge on any atom is 0.516 e. The third-order valence-corrected chi connectivity index (χ3v) is 10.3. The molecule has 0 amide bonds. The Hall–Kier alpha value is -4.64. The van der Waals surface area contributed by atoms with E-state index in [9.17, 15) is 39.0 Å². The van der Waals surface area contributed by atoms with E-state index in [0.717, 1.165) is 32.3 Å². The molecule has 2 bridgehead atoms. The minimum absolute atomic E-state index is 0.113. The molecule has 2 fully saturated rings. The summed E-state index contributed by atoms with van der Waals surface area (Å²) in [5, 5.41) is 24.5. The molecule has 0 radical (unpaired) electrons. The summed E-state index contributed by atoms with van der Waals surface area (Å²) >= 11 is 0. The number of hydrogen-bond donors (Lipinski definition) is 2. The van der Waals surface area contributed by atoms with E-state index in [1.807, 2.05) is 58.0 Å². The van der Waals surface area contributed by atoms with Crippen LogP contribution in [0.4, 0.5) is 4.79 Å². The number of ether oxygens (including phenoxy) is 8. The summed E-state index contributed by atoms with van der Waals surface area (Å²) in [6.07, 6.45) is -5.81. The Balaban J connectivity index is 2.17. The molecule has 16 heteroatoms. The lowest BCUT2D eigenvalue weighted by Crippen LogP contribution is -2.78. The highest BCUT2D eigenvalue weighted by Gasteiger charge is 2.86. The number of aliphatic hydroxyl groups excluding tert-OH is 1. The molecule has 1 aromatic carbocycles. The van der Waals surface area contributed by atoms with Crippen LogP contribution in [-0.2, 0) is 68.3 Å². The van der Waals surface area contributed by atoms with Gasteiger partial charge < -0.3 is 48.1 Å². The maximum atomic E-state index is 14.1. The predicted molar refractivity (Wildman–Crippen MR) is 204 cm³/mol. The molecule has 322 valence electrons. The van der Waals surface area contributed by atoms with Crippen LogP contribution in [0.3, 0.4) is 0 Å². The average Bonchev–Trinajstić information content (AvgIpc) is 3.39. The molecular weight excluding hydrogens is 760 g/mol. The molecule has 2 saturated heterocycles. The second kappa shape index (κ2) is 20.4. The van der Waals surface area contributed by atoms with Crippen molar-refractivity contribution in [3.05, 3.63) is 60.2 Å². The lowest BCUT2D eigenvalue weighted by molar-refractivity contribution is -0.374.